The first-order valence-corrected chi connectivity index (χ1v) is 9.57. The van der Waals surface area contributed by atoms with Gasteiger partial charge < -0.3 is 15.2 Å². The molecule has 30 heavy (non-hydrogen) atoms. The van der Waals surface area contributed by atoms with Gasteiger partial charge in [0.2, 0.25) is 5.91 Å². The summed E-state index contributed by atoms with van der Waals surface area (Å²) >= 11 is 0. The molecule has 1 aromatic heterocycles. The van der Waals surface area contributed by atoms with Crippen LogP contribution in [-0.2, 0) is 30.7 Å². The molecule has 6 nitrogen and oxygen atoms in total. The average Bonchev–Trinajstić information content (AvgIpc) is 3.06. The van der Waals surface area contributed by atoms with Crippen molar-refractivity contribution in [1.29, 1.82) is 0 Å². The molecule has 2 aromatic rings. The highest BCUT2D eigenvalue weighted by Gasteiger charge is 2.33. The summed E-state index contributed by atoms with van der Waals surface area (Å²) in [6.45, 7) is 4.42. The zero-order valence-electron chi connectivity index (χ0n) is 16.7. The highest BCUT2D eigenvalue weighted by Crippen LogP contribution is 2.22. The normalized spacial score (nSPS) is 14.6. The number of halogens is 5. The van der Waals surface area contributed by atoms with Gasteiger partial charge in [-0.05, 0) is 24.1 Å². The summed E-state index contributed by atoms with van der Waals surface area (Å²) in [5.41, 5.74) is 6.41. The maximum absolute atomic E-state index is 13.3. The molecule has 1 atom stereocenters. The van der Waals surface area contributed by atoms with Crippen molar-refractivity contribution in [3.63, 3.8) is 0 Å². The van der Waals surface area contributed by atoms with Crippen molar-refractivity contribution >= 4 is 5.91 Å². The van der Waals surface area contributed by atoms with Crippen molar-refractivity contribution in [2.24, 2.45) is 5.73 Å². The first-order valence-electron chi connectivity index (χ1n) is 9.57. The number of amides is 1. The average molecular weight is 433 g/mol. The van der Waals surface area contributed by atoms with Crippen molar-refractivity contribution in [1.82, 2.24) is 19.7 Å². The Balaban J connectivity index is 0.00000155. The number of benzene rings is 1. The fourth-order valence-electron chi connectivity index (χ4n) is 3.14. The topological polar surface area (TPSA) is 77.0 Å². The van der Waals surface area contributed by atoms with Gasteiger partial charge in [0.15, 0.2) is 17.5 Å². The zero-order chi connectivity index (χ0) is 22.5. The Hall–Kier alpha value is -2.56. The van der Waals surface area contributed by atoms with Gasteiger partial charge in [0.25, 0.3) is 0 Å². The lowest BCUT2D eigenvalue weighted by Crippen LogP contribution is -2.41. The molecule has 1 amide bonds. The first-order chi connectivity index (χ1) is 14.1. The fourth-order valence-corrected chi connectivity index (χ4v) is 3.14. The van der Waals surface area contributed by atoms with E-state index in [1.807, 2.05) is 13.8 Å². The van der Waals surface area contributed by atoms with E-state index in [2.05, 4.69) is 10.2 Å². The number of aromatic nitrogens is 3. The molecular weight excluding hydrogens is 409 g/mol. The lowest BCUT2D eigenvalue weighted by atomic mass is 10.0. The number of carbonyl (C=O) groups is 1. The number of nitrogens with zero attached hydrogens (tertiary/aromatic N) is 4. The van der Waals surface area contributed by atoms with E-state index >= 15 is 0 Å². The molecule has 2 N–H and O–H groups in total. The minimum absolute atomic E-state index is 0.0391. The summed E-state index contributed by atoms with van der Waals surface area (Å²) in [5, 5.41) is 7.32. The van der Waals surface area contributed by atoms with Crippen LogP contribution in [0.1, 0.15) is 37.5 Å². The number of nitrogens with two attached hydrogens (primary N) is 1. The third kappa shape index (κ3) is 6.22. The van der Waals surface area contributed by atoms with Crippen LogP contribution in [0.15, 0.2) is 18.2 Å². The molecule has 166 valence electrons. The third-order valence-electron chi connectivity index (χ3n) is 4.46. The molecular formula is C19H24F5N5O. The van der Waals surface area contributed by atoms with Crippen molar-refractivity contribution in [2.75, 3.05) is 6.54 Å². The molecule has 0 saturated carbocycles. The predicted molar refractivity (Wildman–Crippen MR) is 99.2 cm³/mol. The van der Waals surface area contributed by atoms with Crippen LogP contribution in [-0.4, -0.2) is 44.3 Å². The molecule has 0 radical (unpaired) electrons. The van der Waals surface area contributed by atoms with Crippen LogP contribution in [0.3, 0.4) is 0 Å². The molecule has 1 aromatic carbocycles. The van der Waals surface area contributed by atoms with Gasteiger partial charge in [0, 0.05) is 25.6 Å². The molecule has 0 fully saturated rings. The van der Waals surface area contributed by atoms with Crippen LogP contribution in [0.25, 0.3) is 0 Å². The second-order valence-corrected chi connectivity index (χ2v) is 6.71. The van der Waals surface area contributed by atoms with Crippen molar-refractivity contribution in [2.45, 2.75) is 58.4 Å². The molecule has 1 unspecified atom stereocenters. The Morgan fingerprint density at radius 2 is 1.87 bits per heavy atom. The monoisotopic (exact) mass is 433 g/mol. The van der Waals surface area contributed by atoms with Gasteiger partial charge in [-0.15, -0.1) is 10.2 Å². The van der Waals surface area contributed by atoms with Crippen LogP contribution < -0.4 is 5.73 Å². The van der Waals surface area contributed by atoms with Crippen molar-refractivity contribution in [3.8, 4) is 0 Å². The minimum atomic E-state index is -4.39. The van der Waals surface area contributed by atoms with Crippen molar-refractivity contribution in [3.05, 3.63) is 47.0 Å². The number of fused-ring (bicyclic) bond motifs is 1. The van der Waals surface area contributed by atoms with Crippen LogP contribution in [0, 0.1) is 11.6 Å². The maximum Gasteiger partial charge on any atom is 0.396 e. The number of carbonyl (C=O) groups excluding carboxylic acids is 1. The fraction of sp³-hybridized carbons (Fsp3) is 0.526. The van der Waals surface area contributed by atoms with E-state index in [0.717, 1.165) is 12.1 Å². The summed E-state index contributed by atoms with van der Waals surface area (Å²) in [6.07, 6.45) is -5.42. The highest BCUT2D eigenvalue weighted by atomic mass is 19.4. The number of rotatable bonds is 5. The lowest BCUT2D eigenvalue weighted by molar-refractivity contribution is -0.134. The third-order valence-corrected chi connectivity index (χ3v) is 4.46. The molecule has 1 aliphatic heterocycles. The number of hydrogen-bond acceptors (Lipinski definition) is 4. The summed E-state index contributed by atoms with van der Waals surface area (Å²) in [5.74, 6) is -2.13. The quantitative estimate of drug-likeness (QED) is 0.736. The Morgan fingerprint density at radius 3 is 2.50 bits per heavy atom. The largest absolute Gasteiger partial charge is 0.396 e. The lowest BCUT2D eigenvalue weighted by Gasteiger charge is -2.29. The first kappa shape index (κ1) is 23.7. The van der Waals surface area contributed by atoms with Gasteiger partial charge in [-0.2, -0.15) is 13.2 Å². The van der Waals surface area contributed by atoms with E-state index in [0.29, 0.717) is 5.56 Å². The zero-order valence-corrected chi connectivity index (χ0v) is 16.7. The van der Waals surface area contributed by atoms with E-state index < -0.39 is 30.3 Å². The van der Waals surface area contributed by atoms with Crippen LogP contribution in [0.2, 0.25) is 0 Å². The molecule has 0 saturated heterocycles. The van der Waals surface area contributed by atoms with E-state index in [4.69, 9.17) is 5.73 Å². The predicted octanol–water partition coefficient (Wildman–Crippen LogP) is 2.99. The molecule has 0 spiro atoms. The minimum Gasteiger partial charge on any atom is -0.333 e. The molecule has 3 rings (SSSR count). The van der Waals surface area contributed by atoms with E-state index in [1.54, 1.807) is 0 Å². The van der Waals surface area contributed by atoms with Gasteiger partial charge in [0.05, 0.1) is 6.54 Å². The second-order valence-electron chi connectivity index (χ2n) is 6.71. The highest BCUT2D eigenvalue weighted by molar-refractivity contribution is 5.76. The van der Waals surface area contributed by atoms with Gasteiger partial charge in [-0.3, -0.25) is 4.79 Å². The maximum atomic E-state index is 13.3. The number of alkyl halides is 3. The van der Waals surface area contributed by atoms with E-state index in [1.165, 1.54) is 15.5 Å². The van der Waals surface area contributed by atoms with Gasteiger partial charge in [-0.1, -0.05) is 19.9 Å². The Labute approximate surface area is 170 Å². The Morgan fingerprint density at radius 1 is 1.17 bits per heavy atom. The standard InChI is InChI=1S/C17H18F5N5O.C2H6/c18-12-2-1-10(6-13(12)19)5-11(23)7-16(28)26-3-4-27-14(8-17(20,21)22)24-25-15(27)9-26;1-2/h1-2,6,11H,3-5,7-9,23H2;1-2H3. The summed E-state index contributed by atoms with van der Waals surface area (Å²) in [4.78, 5) is 13.9. The van der Waals surface area contributed by atoms with Crippen LogP contribution >= 0.6 is 0 Å². The van der Waals surface area contributed by atoms with Crippen LogP contribution in [0.4, 0.5) is 22.0 Å². The summed E-state index contributed by atoms with van der Waals surface area (Å²) < 4.78 is 65.3. The SMILES string of the molecule is CC.NC(CC(=O)N1CCn2c(nnc2CC(F)(F)F)C1)Cc1ccc(F)c(F)c1. The number of hydrogen-bond donors (Lipinski definition) is 1. The molecule has 11 heteroatoms. The molecule has 1 aliphatic rings. The Kier molecular flexibility index (Phi) is 7.88. The Bertz CT molecular complexity index is 867. The second kappa shape index (κ2) is 9.96. The van der Waals surface area contributed by atoms with Crippen molar-refractivity contribution < 1.29 is 26.7 Å². The molecule has 0 bridgehead atoms. The van der Waals surface area contributed by atoms with Crippen LogP contribution in [0.5, 0.6) is 0 Å². The van der Waals surface area contributed by atoms with E-state index in [-0.39, 0.29) is 50.0 Å². The van der Waals surface area contributed by atoms with E-state index in [9.17, 15) is 26.7 Å². The molecule has 0 aliphatic carbocycles. The van der Waals surface area contributed by atoms with Gasteiger partial charge in [0.1, 0.15) is 12.2 Å². The molecule has 2 heterocycles. The van der Waals surface area contributed by atoms with Gasteiger partial charge in [-0.25, -0.2) is 8.78 Å². The summed E-state index contributed by atoms with van der Waals surface area (Å²) in [7, 11) is 0. The smallest absolute Gasteiger partial charge is 0.333 e. The van der Waals surface area contributed by atoms with Gasteiger partial charge >= 0.3 is 6.18 Å². The summed E-state index contributed by atoms with van der Waals surface area (Å²) in [6, 6.07) is 2.81.